The Bertz CT molecular complexity index is 949. The van der Waals surface area contributed by atoms with Crippen LogP contribution >= 0.6 is 7.82 Å². The lowest BCUT2D eigenvalue weighted by atomic mass is 10.1. The highest BCUT2D eigenvalue weighted by atomic mass is 31.2. The summed E-state index contributed by atoms with van der Waals surface area (Å²) in [6.45, 7) is 3.35. The van der Waals surface area contributed by atoms with E-state index in [0.29, 0.717) is 25.7 Å². The van der Waals surface area contributed by atoms with E-state index in [-0.39, 0.29) is 19.4 Å². The minimum Gasteiger partial charge on any atom is -0.462 e. The summed E-state index contributed by atoms with van der Waals surface area (Å²) in [5.74, 6) is -0.985. The highest BCUT2D eigenvalue weighted by Gasteiger charge is 2.22. The minimum absolute atomic E-state index is 0.170. The molecule has 1 unspecified atom stereocenters. The number of carbonyl (C=O) groups is 2. The molecule has 0 rings (SSSR count). The predicted molar refractivity (Wildman–Crippen MR) is 185 cm³/mol. The maximum Gasteiger partial charge on any atom is 0.469 e. The van der Waals surface area contributed by atoms with Gasteiger partial charge in [0, 0.05) is 12.8 Å². The van der Waals surface area contributed by atoms with Crippen LogP contribution < -0.4 is 0 Å². The fraction of sp³-hybridized carbons (Fsp3) is 0.667. The number of phosphoric ester groups is 1. The zero-order valence-electron chi connectivity index (χ0n) is 28.3. The second kappa shape index (κ2) is 31.3. The molecule has 10 heteroatoms. The molecule has 0 aromatic rings. The summed E-state index contributed by atoms with van der Waals surface area (Å²) in [4.78, 5) is 42.5. The molecule has 0 bridgehead atoms. The molecule has 0 aromatic carbocycles. The van der Waals surface area contributed by atoms with Gasteiger partial charge in [-0.3, -0.25) is 14.1 Å². The molecule has 2 atom stereocenters. The maximum atomic E-state index is 12.3. The van der Waals surface area contributed by atoms with Crippen LogP contribution in [0.2, 0.25) is 0 Å². The molecule has 46 heavy (non-hydrogen) atoms. The van der Waals surface area contributed by atoms with Crippen molar-refractivity contribution < 1.29 is 43.0 Å². The van der Waals surface area contributed by atoms with Crippen LogP contribution in [-0.4, -0.2) is 52.3 Å². The third-order valence-electron chi connectivity index (χ3n) is 6.88. The Kier molecular flexibility index (Phi) is 29.8. The maximum absolute atomic E-state index is 12.3. The van der Waals surface area contributed by atoms with Crippen molar-refractivity contribution in [1.29, 1.82) is 0 Å². The number of ether oxygens (including phenoxy) is 2. The summed E-state index contributed by atoms with van der Waals surface area (Å²) < 4.78 is 26.1. The van der Waals surface area contributed by atoms with Crippen LogP contribution in [0.25, 0.3) is 0 Å². The molecular formula is C36H61O9P. The molecule has 0 heterocycles. The molecular weight excluding hydrogens is 607 g/mol. The molecule has 0 aliphatic heterocycles. The average molecular weight is 669 g/mol. The Morgan fingerprint density at radius 1 is 0.696 bits per heavy atom. The number of hydrogen-bond donors (Lipinski definition) is 3. The predicted octanol–water partition coefficient (Wildman–Crippen LogP) is 8.75. The number of unbranched alkanes of at least 4 members (excludes halogenated alkanes) is 10. The van der Waals surface area contributed by atoms with Crippen molar-refractivity contribution in [3.8, 4) is 0 Å². The lowest BCUT2D eigenvalue weighted by molar-refractivity contribution is -0.161. The van der Waals surface area contributed by atoms with Gasteiger partial charge >= 0.3 is 19.8 Å². The Labute approximate surface area is 278 Å². The summed E-state index contributed by atoms with van der Waals surface area (Å²) in [6.07, 6.45) is 34.4. The van der Waals surface area contributed by atoms with Crippen molar-refractivity contribution in [2.24, 2.45) is 0 Å². The van der Waals surface area contributed by atoms with Gasteiger partial charge in [-0.15, -0.1) is 0 Å². The number of aliphatic hydroxyl groups excluding tert-OH is 1. The fourth-order valence-corrected chi connectivity index (χ4v) is 4.67. The molecule has 264 valence electrons. The van der Waals surface area contributed by atoms with E-state index in [9.17, 15) is 19.3 Å². The Morgan fingerprint density at radius 2 is 1.28 bits per heavy atom. The van der Waals surface area contributed by atoms with E-state index in [1.54, 1.807) is 0 Å². The first kappa shape index (κ1) is 43.7. The van der Waals surface area contributed by atoms with Gasteiger partial charge in [0.1, 0.15) is 6.61 Å². The number of carbonyl (C=O) groups excluding carboxylic acids is 2. The molecule has 9 nitrogen and oxygen atoms in total. The summed E-state index contributed by atoms with van der Waals surface area (Å²) >= 11 is 0. The van der Waals surface area contributed by atoms with Crippen molar-refractivity contribution >= 4 is 19.8 Å². The van der Waals surface area contributed by atoms with Gasteiger partial charge in [-0.05, 0) is 44.9 Å². The highest BCUT2D eigenvalue weighted by Crippen LogP contribution is 2.35. The van der Waals surface area contributed by atoms with Crippen LogP contribution in [0.5, 0.6) is 0 Å². The Morgan fingerprint density at radius 3 is 1.93 bits per heavy atom. The van der Waals surface area contributed by atoms with Crippen molar-refractivity contribution in [1.82, 2.24) is 0 Å². The van der Waals surface area contributed by atoms with Gasteiger partial charge in [0.15, 0.2) is 6.10 Å². The average Bonchev–Trinajstić information content (AvgIpc) is 3.01. The van der Waals surface area contributed by atoms with E-state index in [2.05, 4.69) is 23.6 Å². The smallest absolute Gasteiger partial charge is 0.462 e. The molecule has 0 saturated carbocycles. The fourth-order valence-electron chi connectivity index (χ4n) is 4.31. The van der Waals surface area contributed by atoms with Crippen LogP contribution in [0.4, 0.5) is 0 Å². The van der Waals surface area contributed by atoms with E-state index < -0.39 is 38.6 Å². The molecule has 0 aromatic heterocycles. The third-order valence-corrected chi connectivity index (χ3v) is 7.36. The molecule has 0 spiro atoms. The number of allylic oxidation sites excluding steroid dienone is 8. The molecule has 0 amide bonds. The molecule has 0 aliphatic rings. The van der Waals surface area contributed by atoms with Crippen molar-refractivity contribution in [3.05, 3.63) is 60.8 Å². The van der Waals surface area contributed by atoms with Crippen LogP contribution in [0.3, 0.4) is 0 Å². The van der Waals surface area contributed by atoms with Crippen LogP contribution in [0, 0.1) is 0 Å². The van der Waals surface area contributed by atoms with Gasteiger partial charge in [-0.1, -0.05) is 132 Å². The Hall–Kier alpha value is -2.29. The number of rotatable bonds is 30. The minimum atomic E-state index is -4.77. The van der Waals surface area contributed by atoms with Gasteiger partial charge < -0.3 is 24.4 Å². The first-order valence-electron chi connectivity index (χ1n) is 17.2. The SMILES string of the molecule is CC/C=C\C(O)C/C=C/C=C\C/C=C\C/C=C\CCCC(=O)OC[C@H](COP(=O)(O)O)OC(=O)CCCCCCCCCCCC. The second-order valence-electron chi connectivity index (χ2n) is 11.3. The summed E-state index contributed by atoms with van der Waals surface area (Å²) in [5, 5.41) is 9.71. The van der Waals surface area contributed by atoms with Crippen LogP contribution in [-0.2, 0) is 28.2 Å². The summed E-state index contributed by atoms with van der Waals surface area (Å²) in [6, 6.07) is 0. The first-order chi connectivity index (χ1) is 22.2. The number of hydrogen-bond acceptors (Lipinski definition) is 7. The van der Waals surface area contributed by atoms with Gasteiger partial charge in [0.2, 0.25) is 0 Å². The highest BCUT2D eigenvalue weighted by molar-refractivity contribution is 7.46. The van der Waals surface area contributed by atoms with E-state index in [0.717, 1.165) is 38.5 Å². The lowest BCUT2D eigenvalue weighted by Crippen LogP contribution is -2.29. The first-order valence-corrected chi connectivity index (χ1v) is 18.7. The number of phosphoric acid groups is 1. The van der Waals surface area contributed by atoms with Crippen molar-refractivity contribution in [2.45, 2.75) is 142 Å². The topological polar surface area (TPSA) is 140 Å². The van der Waals surface area contributed by atoms with E-state index >= 15 is 0 Å². The van der Waals surface area contributed by atoms with E-state index in [1.165, 1.54) is 38.5 Å². The quantitative estimate of drug-likeness (QED) is 0.0225. The van der Waals surface area contributed by atoms with Gasteiger partial charge in [-0.2, -0.15) is 0 Å². The van der Waals surface area contributed by atoms with Crippen LogP contribution in [0.1, 0.15) is 129 Å². The molecule has 0 radical (unpaired) electrons. The summed E-state index contributed by atoms with van der Waals surface area (Å²) in [7, 11) is -4.77. The largest absolute Gasteiger partial charge is 0.469 e. The zero-order valence-corrected chi connectivity index (χ0v) is 29.2. The van der Waals surface area contributed by atoms with E-state index in [4.69, 9.17) is 19.3 Å². The van der Waals surface area contributed by atoms with E-state index in [1.807, 2.05) is 55.5 Å². The third kappa shape index (κ3) is 33.1. The molecule has 0 saturated heterocycles. The van der Waals surface area contributed by atoms with Gasteiger partial charge in [-0.25, -0.2) is 4.57 Å². The summed E-state index contributed by atoms with van der Waals surface area (Å²) in [5.41, 5.74) is 0. The number of esters is 2. The monoisotopic (exact) mass is 668 g/mol. The standard InChI is InChI=1S/C36H61O9P/c1-3-5-7-8-9-10-16-20-23-26-30-36(39)45-34(32-44-46(40,41)42)31-43-35(38)29-25-22-19-17-14-12-11-13-15-18-21-24-28-33(37)27-6-4-2/h6,11-12,15,17-19,21,24,27,33-34,37H,3-5,7-10,13-14,16,20,22-23,25-26,28-32H2,1-2H3,(H2,40,41,42)/b12-11-,18-15-,19-17-,24-21+,27-6-/t33?,34-/m1/s1. The lowest BCUT2D eigenvalue weighted by Gasteiger charge is -2.18. The zero-order chi connectivity index (χ0) is 34.1. The Balaban J connectivity index is 4.15. The van der Waals surface area contributed by atoms with Crippen molar-refractivity contribution in [2.75, 3.05) is 13.2 Å². The molecule has 3 N–H and O–H groups in total. The van der Waals surface area contributed by atoms with Crippen LogP contribution in [0.15, 0.2) is 60.8 Å². The van der Waals surface area contributed by atoms with Gasteiger partial charge in [0.05, 0.1) is 12.7 Å². The second-order valence-corrected chi connectivity index (χ2v) is 12.6. The van der Waals surface area contributed by atoms with Gasteiger partial charge in [0.25, 0.3) is 0 Å². The molecule has 0 aliphatic carbocycles. The number of aliphatic hydroxyl groups is 1. The van der Waals surface area contributed by atoms with Crippen molar-refractivity contribution in [3.63, 3.8) is 0 Å². The normalized spacial score (nSPS) is 13.9. The molecule has 0 fully saturated rings.